The second kappa shape index (κ2) is 4.94. The summed E-state index contributed by atoms with van der Waals surface area (Å²) in [6.45, 7) is 10.4. The van der Waals surface area contributed by atoms with E-state index in [1.807, 2.05) is 25.7 Å². The Hall–Kier alpha value is -0.610. The van der Waals surface area contributed by atoms with E-state index >= 15 is 0 Å². The normalized spacial score (nSPS) is 27.5. The van der Waals surface area contributed by atoms with Crippen LogP contribution in [0, 0.1) is 5.41 Å². The molecule has 0 spiro atoms. The van der Waals surface area contributed by atoms with Crippen molar-refractivity contribution in [2.45, 2.75) is 39.8 Å². The first-order chi connectivity index (χ1) is 7.98. The molecule has 1 unspecified atom stereocenters. The molecule has 0 N–H and O–H groups in total. The van der Waals surface area contributed by atoms with E-state index in [1.165, 1.54) is 6.42 Å². The number of carbonyl (C=O) groups is 1. The lowest BCUT2D eigenvalue weighted by atomic mass is 9.94. The molecule has 0 aromatic carbocycles. The average Bonchev–Trinajstić information content (AvgIpc) is 2.80. The molecule has 1 amide bonds. The highest BCUT2D eigenvalue weighted by Gasteiger charge is 2.32. The first-order valence-corrected chi connectivity index (χ1v) is 6.63. The first-order valence-electron chi connectivity index (χ1n) is 6.63. The molecule has 2 aliphatic rings. The van der Waals surface area contributed by atoms with Crippen molar-refractivity contribution in [3.8, 4) is 0 Å². The largest absolute Gasteiger partial charge is 0.363 e. The van der Waals surface area contributed by atoms with Crippen molar-refractivity contribution in [1.29, 1.82) is 0 Å². The summed E-state index contributed by atoms with van der Waals surface area (Å²) >= 11 is 0. The molecule has 2 aliphatic heterocycles. The van der Waals surface area contributed by atoms with Gasteiger partial charge in [0.1, 0.15) is 6.23 Å². The van der Waals surface area contributed by atoms with Gasteiger partial charge in [-0.3, -0.25) is 9.69 Å². The van der Waals surface area contributed by atoms with E-state index in [0.29, 0.717) is 6.23 Å². The molecule has 2 saturated heterocycles. The number of piperazine rings is 1. The van der Waals surface area contributed by atoms with Gasteiger partial charge in [0.2, 0.25) is 5.91 Å². The van der Waals surface area contributed by atoms with Gasteiger partial charge in [0, 0.05) is 38.2 Å². The molecule has 1 atom stereocenters. The lowest BCUT2D eigenvalue weighted by Gasteiger charge is -2.39. The van der Waals surface area contributed by atoms with E-state index in [4.69, 9.17) is 4.74 Å². The summed E-state index contributed by atoms with van der Waals surface area (Å²) < 4.78 is 5.68. The smallest absolute Gasteiger partial charge is 0.228 e. The Morgan fingerprint density at radius 2 is 1.82 bits per heavy atom. The first kappa shape index (κ1) is 12.8. The maximum atomic E-state index is 12.1. The fourth-order valence-corrected chi connectivity index (χ4v) is 2.54. The van der Waals surface area contributed by atoms with Crippen molar-refractivity contribution in [2.24, 2.45) is 5.41 Å². The third kappa shape index (κ3) is 2.99. The van der Waals surface area contributed by atoms with Crippen molar-refractivity contribution in [2.75, 3.05) is 32.8 Å². The third-order valence-corrected chi connectivity index (χ3v) is 3.56. The van der Waals surface area contributed by atoms with Gasteiger partial charge in [-0.2, -0.15) is 0 Å². The number of rotatable bonds is 1. The highest BCUT2D eigenvalue weighted by Crippen LogP contribution is 2.21. The zero-order chi connectivity index (χ0) is 12.5. The van der Waals surface area contributed by atoms with Gasteiger partial charge in [0.05, 0.1) is 0 Å². The van der Waals surface area contributed by atoms with Crippen LogP contribution in [-0.4, -0.2) is 54.7 Å². The van der Waals surface area contributed by atoms with Crippen LogP contribution in [0.1, 0.15) is 33.6 Å². The second-order valence-electron chi connectivity index (χ2n) is 6.05. The molecule has 0 aromatic rings. The van der Waals surface area contributed by atoms with Crippen LogP contribution in [0.4, 0.5) is 0 Å². The summed E-state index contributed by atoms with van der Waals surface area (Å²) in [6, 6.07) is 0. The van der Waals surface area contributed by atoms with Crippen LogP contribution in [0.5, 0.6) is 0 Å². The van der Waals surface area contributed by atoms with E-state index in [-0.39, 0.29) is 11.3 Å². The van der Waals surface area contributed by atoms with Gasteiger partial charge in [0.25, 0.3) is 0 Å². The van der Waals surface area contributed by atoms with E-state index in [9.17, 15) is 4.79 Å². The molecular formula is C13H24N2O2. The van der Waals surface area contributed by atoms with E-state index in [1.54, 1.807) is 0 Å². The van der Waals surface area contributed by atoms with Crippen molar-refractivity contribution < 1.29 is 9.53 Å². The number of amides is 1. The molecule has 4 heteroatoms. The monoisotopic (exact) mass is 240 g/mol. The van der Waals surface area contributed by atoms with Gasteiger partial charge in [-0.1, -0.05) is 20.8 Å². The van der Waals surface area contributed by atoms with Crippen molar-refractivity contribution in [3.05, 3.63) is 0 Å². The Morgan fingerprint density at radius 3 is 2.29 bits per heavy atom. The average molecular weight is 240 g/mol. The molecule has 98 valence electrons. The fraction of sp³-hybridized carbons (Fsp3) is 0.923. The zero-order valence-corrected chi connectivity index (χ0v) is 11.2. The predicted octanol–water partition coefficient (Wildman–Crippen LogP) is 1.31. The highest BCUT2D eigenvalue weighted by molar-refractivity contribution is 5.81. The summed E-state index contributed by atoms with van der Waals surface area (Å²) in [5.74, 6) is 0.268. The molecule has 2 rings (SSSR count). The van der Waals surface area contributed by atoms with Crippen molar-refractivity contribution >= 4 is 5.91 Å². The number of carbonyl (C=O) groups excluding carboxylic acids is 1. The Bertz CT molecular complexity index is 272. The fourth-order valence-electron chi connectivity index (χ4n) is 2.54. The molecule has 0 saturated carbocycles. The quantitative estimate of drug-likeness (QED) is 0.693. The molecule has 17 heavy (non-hydrogen) atoms. The second-order valence-corrected chi connectivity index (χ2v) is 6.05. The van der Waals surface area contributed by atoms with Gasteiger partial charge in [-0.25, -0.2) is 0 Å². The molecule has 2 fully saturated rings. The minimum atomic E-state index is -0.258. The summed E-state index contributed by atoms with van der Waals surface area (Å²) in [4.78, 5) is 16.5. The van der Waals surface area contributed by atoms with Gasteiger partial charge in [-0.05, 0) is 12.8 Å². The van der Waals surface area contributed by atoms with Crippen molar-refractivity contribution in [3.63, 3.8) is 0 Å². The molecular weight excluding hydrogens is 216 g/mol. The van der Waals surface area contributed by atoms with Crippen LogP contribution in [-0.2, 0) is 9.53 Å². The molecule has 0 aliphatic carbocycles. The van der Waals surface area contributed by atoms with Crippen LogP contribution in [0.15, 0.2) is 0 Å². The summed E-state index contributed by atoms with van der Waals surface area (Å²) in [5, 5.41) is 0. The van der Waals surface area contributed by atoms with Gasteiger partial charge < -0.3 is 9.64 Å². The van der Waals surface area contributed by atoms with E-state index in [2.05, 4.69) is 4.90 Å². The highest BCUT2D eigenvalue weighted by atomic mass is 16.5. The Labute approximate surface area is 104 Å². The Morgan fingerprint density at radius 1 is 1.18 bits per heavy atom. The van der Waals surface area contributed by atoms with Crippen LogP contribution in [0.2, 0.25) is 0 Å². The molecule has 0 radical (unpaired) electrons. The van der Waals surface area contributed by atoms with Gasteiger partial charge >= 0.3 is 0 Å². The third-order valence-electron chi connectivity index (χ3n) is 3.56. The van der Waals surface area contributed by atoms with Crippen LogP contribution in [0.3, 0.4) is 0 Å². The zero-order valence-electron chi connectivity index (χ0n) is 11.2. The Balaban J connectivity index is 1.83. The lowest BCUT2D eigenvalue weighted by Crippen LogP contribution is -2.54. The minimum Gasteiger partial charge on any atom is -0.363 e. The number of ether oxygens (including phenoxy) is 1. The van der Waals surface area contributed by atoms with Crippen molar-refractivity contribution in [1.82, 2.24) is 9.80 Å². The van der Waals surface area contributed by atoms with E-state index in [0.717, 1.165) is 39.2 Å². The predicted molar refractivity (Wildman–Crippen MR) is 66.6 cm³/mol. The maximum Gasteiger partial charge on any atom is 0.228 e. The summed E-state index contributed by atoms with van der Waals surface area (Å²) in [5.41, 5.74) is -0.258. The maximum absolute atomic E-state index is 12.1. The summed E-state index contributed by atoms with van der Waals surface area (Å²) in [6.07, 6.45) is 2.63. The molecule has 0 bridgehead atoms. The van der Waals surface area contributed by atoms with Crippen LogP contribution >= 0.6 is 0 Å². The van der Waals surface area contributed by atoms with Gasteiger partial charge in [0.15, 0.2) is 0 Å². The number of hydrogen-bond acceptors (Lipinski definition) is 3. The number of nitrogens with zero attached hydrogens (tertiary/aromatic N) is 2. The molecule has 0 aromatic heterocycles. The molecule has 4 nitrogen and oxygen atoms in total. The van der Waals surface area contributed by atoms with Crippen LogP contribution in [0.25, 0.3) is 0 Å². The SMILES string of the molecule is CC(C)(C)C(=O)N1CCN(C2CCCO2)CC1. The van der Waals surface area contributed by atoms with Crippen LogP contribution < -0.4 is 0 Å². The Kier molecular flexibility index (Phi) is 3.73. The lowest BCUT2D eigenvalue weighted by molar-refractivity contribution is -0.143. The molecule has 2 heterocycles. The number of hydrogen-bond donors (Lipinski definition) is 0. The topological polar surface area (TPSA) is 32.8 Å². The standard InChI is InChI=1S/C13H24N2O2/c1-13(2,3)12(16)15-8-6-14(7-9-15)11-5-4-10-17-11/h11H,4-10H2,1-3H3. The summed E-state index contributed by atoms with van der Waals surface area (Å²) in [7, 11) is 0. The minimum absolute atomic E-state index is 0.258. The van der Waals surface area contributed by atoms with E-state index < -0.39 is 0 Å². The van der Waals surface area contributed by atoms with Gasteiger partial charge in [-0.15, -0.1) is 0 Å².